The molecule has 9 nitrogen and oxygen atoms in total. The second-order valence-corrected chi connectivity index (χ2v) is 6.41. The minimum absolute atomic E-state index is 0.224. The van der Waals surface area contributed by atoms with Crippen LogP contribution >= 0.6 is 0 Å². The molecule has 0 atom stereocenters. The molecule has 0 bridgehead atoms. The summed E-state index contributed by atoms with van der Waals surface area (Å²) in [5.41, 5.74) is 1.68. The second kappa shape index (κ2) is 6.94. The van der Waals surface area contributed by atoms with Crippen LogP contribution in [0.2, 0.25) is 0 Å². The van der Waals surface area contributed by atoms with Gasteiger partial charge in [-0.15, -0.1) is 0 Å². The van der Waals surface area contributed by atoms with Gasteiger partial charge in [-0.25, -0.2) is 9.78 Å². The van der Waals surface area contributed by atoms with Crippen LogP contribution in [0.3, 0.4) is 0 Å². The number of urea groups is 1. The van der Waals surface area contributed by atoms with E-state index in [4.69, 9.17) is 0 Å². The van der Waals surface area contributed by atoms with Gasteiger partial charge in [-0.05, 0) is 30.5 Å². The number of hydrogen-bond donors (Lipinski definition) is 5. The van der Waals surface area contributed by atoms with Crippen molar-refractivity contribution in [2.24, 2.45) is 0 Å². The number of benzene rings is 1. The van der Waals surface area contributed by atoms with Gasteiger partial charge in [-0.1, -0.05) is 12.1 Å². The maximum absolute atomic E-state index is 12.4. The van der Waals surface area contributed by atoms with E-state index in [0.29, 0.717) is 11.3 Å². The molecule has 1 aliphatic carbocycles. The molecule has 0 spiro atoms. The predicted octanol–water partition coefficient (Wildman–Crippen LogP) is 1.47. The Hall–Kier alpha value is -3.62. The van der Waals surface area contributed by atoms with Crippen molar-refractivity contribution in [1.82, 2.24) is 25.6 Å². The first-order valence-electron chi connectivity index (χ1n) is 8.59. The van der Waals surface area contributed by atoms with E-state index < -0.39 is 0 Å². The Labute approximate surface area is 153 Å². The molecule has 4 rings (SSSR count). The molecule has 9 heteroatoms. The minimum Gasteiger partial charge on any atom is -0.348 e. The van der Waals surface area contributed by atoms with Crippen molar-refractivity contribution in [2.45, 2.75) is 25.4 Å². The summed E-state index contributed by atoms with van der Waals surface area (Å²) in [5, 5.41) is 8.63. The summed E-state index contributed by atoms with van der Waals surface area (Å²) in [4.78, 5) is 45.5. The zero-order valence-electron chi connectivity index (χ0n) is 14.3. The number of amides is 3. The maximum atomic E-state index is 12.4. The van der Waals surface area contributed by atoms with Gasteiger partial charge < -0.3 is 25.9 Å². The molecule has 2 heterocycles. The van der Waals surface area contributed by atoms with Crippen LogP contribution in [0.5, 0.6) is 0 Å². The molecule has 138 valence electrons. The van der Waals surface area contributed by atoms with Crippen molar-refractivity contribution in [3.8, 4) is 0 Å². The normalized spacial score (nSPS) is 13.3. The summed E-state index contributed by atoms with van der Waals surface area (Å²) < 4.78 is 0. The topological polar surface area (TPSA) is 132 Å². The third-order valence-electron chi connectivity index (χ3n) is 4.27. The zero-order valence-corrected chi connectivity index (χ0v) is 14.3. The van der Waals surface area contributed by atoms with Gasteiger partial charge in [0, 0.05) is 24.5 Å². The van der Waals surface area contributed by atoms with Gasteiger partial charge in [-0.2, -0.15) is 0 Å². The van der Waals surface area contributed by atoms with Crippen LogP contribution in [0.25, 0.3) is 11.0 Å². The maximum Gasteiger partial charge on any atom is 0.319 e. The molecule has 0 aliphatic heterocycles. The van der Waals surface area contributed by atoms with Gasteiger partial charge in [0.05, 0.1) is 17.3 Å². The number of H-pyrrole nitrogens is 2. The lowest BCUT2D eigenvalue weighted by Gasteiger charge is -2.09. The van der Waals surface area contributed by atoms with Crippen LogP contribution in [0.1, 0.15) is 28.8 Å². The van der Waals surface area contributed by atoms with E-state index in [9.17, 15) is 14.4 Å². The Balaban J connectivity index is 1.42. The first kappa shape index (κ1) is 16.8. The molecule has 1 aliphatic rings. The Bertz CT molecular complexity index is 1070. The molecule has 1 saturated carbocycles. The largest absolute Gasteiger partial charge is 0.348 e. The first-order chi connectivity index (χ1) is 13.1. The van der Waals surface area contributed by atoms with Crippen LogP contribution in [0, 0.1) is 0 Å². The fraction of sp³-hybridized carbons (Fsp3) is 0.222. The molecule has 0 unspecified atom stereocenters. The highest BCUT2D eigenvalue weighted by Crippen LogP contribution is 2.19. The Morgan fingerprint density at radius 2 is 2.07 bits per heavy atom. The van der Waals surface area contributed by atoms with Gasteiger partial charge in [0.2, 0.25) is 0 Å². The van der Waals surface area contributed by atoms with E-state index >= 15 is 0 Å². The monoisotopic (exact) mass is 366 g/mol. The standard InChI is InChI=1S/C18H18N6O3/c25-16(13-8-19-15-14(13)17(26)22-9-21-15)20-7-10-2-1-3-12(6-10)24-18(27)23-11-4-5-11/h1-3,6,8-9,11H,4-5,7H2,(H,20,25)(H2,23,24,27)(H2,19,21,22,26). The second-order valence-electron chi connectivity index (χ2n) is 6.41. The van der Waals surface area contributed by atoms with Crippen LogP contribution in [0.15, 0.2) is 41.6 Å². The smallest absolute Gasteiger partial charge is 0.319 e. The number of hydrogen-bond acceptors (Lipinski definition) is 4. The number of rotatable bonds is 5. The highest BCUT2D eigenvalue weighted by atomic mass is 16.2. The van der Waals surface area contributed by atoms with Crippen LogP contribution in [-0.4, -0.2) is 32.9 Å². The van der Waals surface area contributed by atoms with E-state index in [2.05, 4.69) is 30.9 Å². The van der Waals surface area contributed by atoms with Crippen molar-refractivity contribution in [3.05, 3.63) is 58.3 Å². The van der Waals surface area contributed by atoms with E-state index in [1.807, 2.05) is 6.07 Å². The van der Waals surface area contributed by atoms with Crippen molar-refractivity contribution in [2.75, 3.05) is 5.32 Å². The molecule has 0 saturated heterocycles. The molecule has 1 fully saturated rings. The van der Waals surface area contributed by atoms with E-state index in [-0.39, 0.29) is 41.0 Å². The van der Waals surface area contributed by atoms with Crippen LogP contribution in [-0.2, 0) is 6.54 Å². The number of nitrogens with one attached hydrogen (secondary N) is 5. The van der Waals surface area contributed by atoms with E-state index in [1.54, 1.807) is 18.2 Å². The fourth-order valence-corrected chi connectivity index (χ4v) is 2.77. The Morgan fingerprint density at radius 3 is 2.89 bits per heavy atom. The van der Waals surface area contributed by atoms with Gasteiger partial charge >= 0.3 is 6.03 Å². The van der Waals surface area contributed by atoms with Crippen LogP contribution in [0.4, 0.5) is 10.5 Å². The number of anilines is 1. The van der Waals surface area contributed by atoms with Crippen LogP contribution < -0.4 is 21.5 Å². The van der Waals surface area contributed by atoms with Crippen molar-refractivity contribution >= 4 is 28.7 Å². The van der Waals surface area contributed by atoms with Gasteiger partial charge in [0.1, 0.15) is 5.65 Å². The summed E-state index contributed by atoms with van der Waals surface area (Å²) in [5.74, 6) is -0.385. The molecule has 3 amide bonds. The first-order valence-corrected chi connectivity index (χ1v) is 8.59. The summed E-state index contributed by atoms with van der Waals surface area (Å²) in [6.45, 7) is 0.253. The molecule has 0 radical (unpaired) electrons. The number of nitrogens with zero attached hydrogens (tertiary/aromatic N) is 1. The summed E-state index contributed by atoms with van der Waals surface area (Å²) in [6, 6.07) is 7.26. The third kappa shape index (κ3) is 3.81. The van der Waals surface area contributed by atoms with E-state index in [0.717, 1.165) is 18.4 Å². The Kier molecular flexibility index (Phi) is 4.33. The quantitative estimate of drug-likeness (QED) is 0.468. The average Bonchev–Trinajstić information content (AvgIpc) is 3.34. The van der Waals surface area contributed by atoms with Gasteiger partial charge in [0.25, 0.3) is 11.5 Å². The van der Waals surface area contributed by atoms with Crippen molar-refractivity contribution < 1.29 is 9.59 Å². The van der Waals surface area contributed by atoms with Crippen molar-refractivity contribution in [1.29, 1.82) is 0 Å². The number of carbonyl (C=O) groups excluding carboxylic acids is 2. The Morgan fingerprint density at radius 1 is 1.22 bits per heavy atom. The fourth-order valence-electron chi connectivity index (χ4n) is 2.77. The molecule has 2 aromatic heterocycles. The SMILES string of the molecule is O=C(Nc1cccc(CNC(=O)c2c[nH]c3nc[nH]c(=O)c23)c1)NC1CC1. The van der Waals surface area contributed by atoms with E-state index in [1.165, 1.54) is 12.5 Å². The summed E-state index contributed by atoms with van der Waals surface area (Å²) in [6.07, 6.45) is 4.78. The highest BCUT2D eigenvalue weighted by Gasteiger charge is 2.23. The molecule has 3 aromatic rings. The van der Waals surface area contributed by atoms with Gasteiger partial charge in [-0.3, -0.25) is 9.59 Å². The number of fused-ring (bicyclic) bond motifs is 1. The summed E-state index contributed by atoms with van der Waals surface area (Å²) in [7, 11) is 0. The average molecular weight is 366 g/mol. The molecular weight excluding hydrogens is 348 g/mol. The lowest BCUT2D eigenvalue weighted by Crippen LogP contribution is -2.30. The molecule has 1 aromatic carbocycles. The van der Waals surface area contributed by atoms with Crippen molar-refractivity contribution in [3.63, 3.8) is 0 Å². The minimum atomic E-state index is -0.385. The number of aromatic amines is 2. The predicted molar refractivity (Wildman–Crippen MR) is 99.5 cm³/mol. The number of aromatic nitrogens is 3. The number of carbonyl (C=O) groups is 2. The summed E-state index contributed by atoms with van der Waals surface area (Å²) >= 11 is 0. The third-order valence-corrected chi connectivity index (χ3v) is 4.27. The van der Waals surface area contributed by atoms with Gasteiger partial charge in [0.15, 0.2) is 0 Å². The molecule has 27 heavy (non-hydrogen) atoms. The molecule has 5 N–H and O–H groups in total. The lowest BCUT2D eigenvalue weighted by molar-refractivity contribution is 0.0952. The molecular formula is C18H18N6O3. The highest BCUT2D eigenvalue weighted by molar-refractivity contribution is 6.05. The lowest BCUT2D eigenvalue weighted by atomic mass is 10.2. The zero-order chi connectivity index (χ0) is 18.8.